The van der Waals surface area contributed by atoms with Crippen molar-refractivity contribution in [2.24, 2.45) is 10.9 Å². The molecule has 106 valence electrons. The number of sulfonamides is 1. The molecule has 0 bridgehead atoms. The van der Waals surface area contributed by atoms with Crippen molar-refractivity contribution in [1.29, 1.82) is 0 Å². The molecule has 1 aromatic rings. The van der Waals surface area contributed by atoms with Gasteiger partial charge in [0.2, 0.25) is 10.0 Å². The lowest BCUT2D eigenvalue weighted by Crippen LogP contribution is -2.43. The van der Waals surface area contributed by atoms with Gasteiger partial charge < -0.3 is 10.9 Å². The molecule has 1 aromatic carbocycles. The van der Waals surface area contributed by atoms with Crippen LogP contribution in [0.4, 0.5) is 0 Å². The van der Waals surface area contributed by atoms with E-state index >= 15 is 0 Å². The number of hydrogen-bond acceptors (Lipinski definition) is 4. The van der Waals surface area contributed by atoms with Crippen LogP contribution in [0.1, 0.15) is 6.92 Å². The van der Waals surface area contributed by atoms with Crippen LogP contribution in [0.5, 0.6) is 0 Å². The third-order valence-electron chi connectivity index (χ3n) is 2.66. The van der Waals surface area contributed by atoms with E-state index in [2.05, 4.69) is 5.16 Å². The second-order valence-electron chi connectivity index (χ2n) is 3.80. The Morgan fingerprint density at radius 3 is 2.47 bits per heavy atom. The van der Waals surface area contributed by atoms with Gasteiger partial charge in [0.05, 0.1) is 21.0 Å². The average molecular weight is 326 g/mol. The molecule has 0 amide bonds. The fourth-order valence-corrected chi connectivity index (χ4v) is 3.01. The van der Waals surface area contributed by atoms with Crippen molar-refractivity contribution < 1.29 is 13.6 Å². The quantitative estimate of drug-likeness (QED) is 0.381. The zero-order valence-corrected chi connectivity index (χ0v) is 12.5. The molecule has 0 fully saturated rings. The lowest BCUT2D eigenvalue weighted by atomic mass is 10.3. The topological polar surface area (TPSA) is 96.0 Å². The maximum Gasteiger partial charge on any atom is 0.243 e. The first-order valence-corrected chi connectivity index (χ1v) is 7.32. The SMILES string of the molecule is CC(C(N)=NO)N(C)S(=O)(=O)c1ccc(Cl)c(Cl)c1. The summed E-state index contributed by atoms with van der Waals surface area (Å²) >= 11 is 11.5. The van der Waals surface area contributed by atoms with Crippen LogP contribution < -0.4 is 5.73 Å². The normalized spacial score (nSPS) is 14.7. The average Bonchev–Trinajstić information content (AvgIpc) is 2.38. The molecule has 19 heavy (non-hydrogen) atoms. The number of likely N-dealkylation sites (N-methyl/N-ethyl adjacent to an activating group) is 1. The van der Waals surface area contributed by atoms with Crippen molar-refractivity contribution in [3.05, 3.63) is 28.2 Å². The molecule has 0 saturated carbocycles. The highest BCUT2D eigenvalue weighted by Gasteiger charge is 2.28. The molecule has 0 spiro atoms. The number of hydrogen-bond donors (Lipinski definition) is 2. The van der Waals surface area contributed by atoms with E-state index in [1.807, 2.05) is 0 Å². The predicted octanol–water partition coefficient (Wildman–Crippen LogP) is 1.75. The summed E-state index contributed by atoms with van der Waals surface area (Å²) in [5.74, 6) is -0.217. The summed E-state index contributed by atoms with van der Waals surface area (Å²) < 4.78 is 25.6. The van der Waals surface area contributed by atoms with Gasteiger partial charge in [0.25, 0.3) is 0 Å². The maximum atomic E-state index is 12.3. The fourth-order valence-electron chi connectivity index (χ4n) is 1.28. The number of halogens is 2. The standard InChI is InChI=1S/C10H13Cl2N3O3S/c1-6(10(13)14-16)15(2)19(17,18)7-3-4-8(11)9(12)5-7/h3-6,16H,1-2H3,(H2,13,14). The van der Waals surface area contributed by atoms with E-state index in [0.29, 0.717) is 0 Å². The largest absolute Gasteiger partial charge is 0.409 e. The van der Waals surface area contributed by atoms with Gasteiger partial charge >= 0.3 is 0 Å². The van der Waals surface area contributed by atoms with Gasteiger partial charge in [-0.25, -0.2) is 8.42 Å². The molecule has 0 aliphatic carbocycles. The minimum atomic E-state index is -3.81. The Hall–Kier alpha value is -1.02. The molecule has 0 aromatic heterocycles. The Kier molecular flexibility index (Phi) is 5.03. The molecule has 0 heterocycles. The number of rotatable bonds is 4. The van der Waals surface area contributed by atoms with E-state index in [4.69, 9.17) is 34.1 Å². The van der Waals surface area contributed by atoms with Gasteiger partial charge in [-0.3, -0.25) is 0 Å². The number of nitrogens with zero attached hydrogens (tertiary/aromatic N) is 2. The molecule has 0 aliphatic heterocycles. The van der Waals surface area contributed by atoms with E-state index in [0.717, 1.165) is 4.31 Å². The fraction of sp³-hybridized carbons (Fsp3) is 0.300. The lowest BCUT2D eigenvalue weighted by molar-refractivity contribution is 0.311. The molecule has 0 saturated heterocycles. The monoisotopic (exact) mass is 325 g/mol. The van der Waals surface area contributed by atoms with E-state index in [1.165, 1.54) is 32.2 Å². The summed E-state index contributed by atoms with van der Waals surface area (Å²) in [5.41, 5.74) is 5.39. The predicted molar refractivity (Wildman–Crippen MR) is 74.3 cm³/mol. The zero-order chi connectivity index (χ0) is 14.8. The number of amidine groups is 1. The Morgan fingerprint density at radius 1 is 1.42 bits per heavy atom. The highest BCUT2D eigenvalue weighted by molar-refractivity contribution is 7.89. The number of benzene rings is 1. The van der Waals surface area contributed by atoms with E-state index in [9.17, 15) is 8.42 Å². The van der Waals surface area contributed by atoms with Crippen LogP contribution in [0.2, 0.25) is 10.0 Å². The van der Waals surface area contributed by atoms with Gasteiger partial charge in [-0.05, 0) is 25.1 Å². The smallest absolute Gasteiger partial charge is 0.243 e. The minimum absolute atomic E-state index is 0.0259. The molecular weight excluding hydrogens is 313 g/mol. The summed E-state index contributed by atoms with van der Waals surface area (Å²) in [7, 11) is -2.49. The first-order valence-electron chi connectivity index (χ1n) is 5.12. The van der Waals surface area contributed by atoms with Crippen LogP contribution >= 0.6 is 23.2 Å². The van der Waals surface area contributed by atoms with Gasteiger partial charge in [-0.15, -0.1) is 0 Å². The Labute approximate surface area is 121 Å². The molecule has 1 atom stereocenters. The van der Waals surface area contributed by atoms with Gasteiger partial charge in [-0.1, -0.05) is 28.4 Å². The van der Waals surface area contributed by atoms with Crippen LogP contribution in [-0.2, 0) is 10.0 Å². The van der Waals surface area contributed by atoms with Crippen LogP contribution in [0.3, 0.4) is 0 Å². The van der Waals surface area contributed by atoms with Crippen molar-refractivity contribution in [3.8, 4) is 0 Å². The molecule has 1 rings (SSSR count). The molecule has 1 unspecified atom stereocenters. The van der Waals surface area contributed by atoms with E-state index in [1.54, 1.807) is 0 Å². The summed E-state index contributed by atoms with van der Waals surface area (Å²) in [6.07, 6.45) is 0. The van der Waals surface area contributed by atoms with Crippen LogP contribution in [0.15, 0.2) is 28.3 Å². The summed E-state index contributed by atoms with van der Waals surface area (Å²) in [6.45, 7) is 1.49. The Bertz CT molecular complexity index is 604. The Morgan fingerprint density at radius 2 is 2.00 bits per heavy atom. The lowest BCUT2D eigenvalue weighted by Gasteiger charge is -2.23. The van der Waals surface area contributed by atoms with Gasteiger partial charge in [0, 0.05) is 7.05 Å². The van der Waals surface area contributed by atoms with E-state index < -0.39 is 16.1 Å². The number of nitrogens with two attached hydrogens (primary N) is 1. The van der Waals surface area contributed by atoms with Crippen molar-refractivity contribution in [3.63, 3.8) is 0 Å². The Balaban J connectivity index is 3.20. The summed E-state index contributed by atoms with van der Waals surface area (Å²) in [6, 6.07) is 3.16. The van der Waals surface area contributed by atoms with Crippen LogP contribution in [0.25, 0.3) is 0 Å². The van der Waals surface area contributed by atoms with Gasteiger partial charge in [0.1, 0.15) is 0 Å². The first-order chi connectivity index (χ1) is 8.71. The molecule has 0 aliphatic rings. The first kappa shape index (κ1) is 16.0. The minimum Gasteiger partial charge on any atom is -0.409 e. The van der Waals surface area contributed by atoms with Crippen LogP contribution in [-0.4, -0.2) is 36.9 Å². The van der Waals surface area contributed by atoms with Crippen molar-refractivity contribution in [1.82, 2.24) is 4.31 Å². The number of oxime groups is 1. The van der Waals surface area contributed by atoms with Crippen LogP contribution in [0, 0.1) is 0 Å². The molecule has 3 N–H and O–H groups in total. The maximum absolute atomic E-state index is 12.3. The summed E-state index contributed by atoms with van der Waals surface area (Å²) in [5, 5.41) is 11.8. The molecule has 6 nitrogen and oxygen atoms in total. The highest BCUT2D eigenvalue weighted by atomic mass is 35.5. The van der Waals surface area contributed by atoms with E-state index in [-0.39, 0.29) is 20.8 Å². The highest BCUT2D eigenvalue weighted by Crippen LogP contribution is 2.26. The molecule has 0 radical (unpaired) electrons. The van der Waals surface area contributed by atoms with Crippen molar-refractivity contribution in [2.75, 3.05) is 7.05 Å². The van der Waals surface area contributed by atoms with Gasteiger partial charge in [0.15, 0.2) is 5.84 Å². The van der Waals surface area contributed by atoms with Crippen molar-refractivity contribution >= 4 is 39.1 Å². The third kappa shape index (κ3) is 3.30. The van der Waals surface area contributed by atoms with Crippen molar-refractivity contribution in [2.45, 2.75) is 17.9 Å². The third-order valence-corrected chi connectivity index (χ3v) is 5.32. The second kappa shape index (κ2) is 5.96. The summed E-state index contributed by atoms with van der Waals surface area (Å²) in [4.78, 5) is -0.0259. The van der Waals surface area contributed by atoms with Gasteiger partial charge in [-0.2, -0.15) is 4.31 Å². The molecular formula is C10H13Cl2N3O3S. The second-order valence-corrected chi connectivity index (χ2v) is 6.61. The molecule has 9 heteroatoms. The zero-order valence-electron chi connectivity index (χ0n) is 10.2.